The smallest absolute Gasteiger partial charge is 0.0441 e. The van der Waals surface area contributed by atoms with Crippen LogP contribution in [0.1, 0.15) is 39.0 Å². The van der Waals surface area contributed by atoms with Gasteiger partial charge < -0.3 is 10.8 Å². The lowest BCUT2D eigenvalue weighted by atomic mass is 9.96. The van der Waals surface area contributed by atoms with E-state index in [-0.39, 0.29) is 0 Å². The molecular weight excluding hydrogens is 182 g/mol. The predicted molar refractivity (Wildman–Crippen MR) is 59.0 cm³/mol. The zero-order valence-corrected chi connectivity index (χ0v) is 9.22. The molecule has 0 radical (unpaired) electrons. The van der Waals surface area contributed by atoms with Crippen molar-refractivity contribution in [3.63, 3.8) is 0 Å². The monoisotopic (exact) mass is 203 g/mol. The van der Waals surface area contributed by atoms with Gasteiger partial charge in [-0.05, 0) is 32.1 Å². The molecule has 78 valence electrons. The van der Waals surface area contributed by atoms with Gasteiger partial charge in [0.15, 0.2) is 0 Å². The number of rotatable bonds is 4. The van der Waals surface area contributed by atoms with Crippen molar-refractivity contribution in [2.45, 2.75) is 55.6 Å². The SMILES string of the molecule is CC(CCO)SC1CCC(N)CC1. The predicted octanol–water partition coefficient (Wildman–Crippen LogP) is 1.76. The highest BCUT2D eigenvalue weighted by molar-refractivity contribution is 8.00. The molecule has 3 N–H and O–H groups in total. The summed E-state index contributed by atoms with van der Waals surface area (Å²) in [4.78, 5) is 0. The molecular formula is C10H21NOS. The molecule has 1 rings (SSSR count). The van der Waals surface area contributed by atoms with E-state index in [2.05, 4.69) is 6.92 Å². The summed E-state index contributed by atoms with van der Waals surface area (Å²) in [6.45, 7) is 2.52. The Balaban J connectivity index is 2.14. The number of aliphatic hydroxyl groups excluding tert-OH is 1. The Morgan fingerprint density at radius 3 is 2.54 bits per heavy atom. The van der Waals surface area contributed by atoms with E-state index in [1.165, 1.54) is 25.7 Å². The Bertz CT molecular complexity index is 135. The molecule has 1 unspecified atom stereocenters. The first-order chi connectivity index (χ1) is 6.22. The van der Waals surface area contributed by atoms with Gasteiger partial charge in [-0.2, -0.15) is 11.8 Å². The number of hydrogen-bond donors (Lipinski definition) is 2. The van der Waals surface area contributed by atoms with Gasteiger partial charge in [0.2, 0.25) is 0 Å². The molecule has 0 aliphatic heterocycles. The summed E-state index contributed by atoms with van der Waals surface area (Å²) < 4.78 is 0. The highest BCUT2D eigenvalue weighted by atomic mass is 32.2. The maximum atomic E-state index is 8.77. The molecule has 13 heavy (non-hydrogen) atoms. The Morgan fingerprint density at radius 2 is 2.00 bits per heavy atom. The van der Waals surface area contributed by atoms with Gasteiger partial charge in [0.1, 0.15) is 0 Å². The van der Waals surface area contributed by atoms with Crippen molar-refractivity contribution in [3.05, 3.63) is 0 Å². The molecule has 1 aliphatic rings. The van der Waals surface area contributed by atoms with Crippen LogP contribution in [-0.4, -0.2) is 28.3 Å². The lowest BCUT2D eigenvalue weighted by Crippen LogP contribution is -2.28. The van der Waals surface area contributed by atoms with Crippen LogP contribution >= 0.6 is 11.8 Å². The van der Waals surface area contributed by atoms with Crippen molar-refractivity contribution in [2.75, 3.05) is 6.61 Å². The summed E-state index contributed by atoms with van der Waals surface area (Å²) >= 11 is 2.03. The first-order valence-electron chi connectivity index (χ1n) is 5.24. The fourth-order valence-electron chi connectivity index (χ4n) is 1.80. The van der Waals surface area contributed by atoms with Crippen LogP contribution < -0.4 is 5.73 Å². The number of aliphatic hydroxyl groups is 1. The average Bonchev–Trinajstić information content (AvgIpc) is 2.09. The Morgan fingerprint density at radius 1 is 1.38 bits per heavy atom. The van der Waals surface area contributed by atoms with Gasteiger partial charge in [-0.25, -0.2) is 0 Å². The molecule has 3 heteroatoms. The molecule has 0 spiro atoms. The van der Waals surface area contributed by atoms with E-state index >= 15 is 0 Å². The van der Waals surface area contributed by atoms with E-state index in [1.54, 1.807) is 0 Å². The normalized spacial score (nSPS) is 31.6. The van der Waals surface area contributed by atoms with Crippen molar-refractivity contribution < 1.29 is 5.11 Å². The summed E-state index contributed by atoms with van der Waals surface area (Å²) in [6, 6.07) is 0.449. The van der Waals surface area contributed by atoms with Crippen LogP contribution in [0.15, 0.2) is 0 Å². The van der Waals surface area contributed by atoms with Gasteiger partial charge in [0.05, 0.1) is 0 Å². The molecule has 0 aromatic carbocycles. The second-order valence-electron chi connectivity index (χ2n) is 4.00. The van der Waals surface area contributed by atoms with Crippen LogP contribution in [0.3, 0.4) is 0 Å². The van der Waals surface area contributed by atoms with Crippen LogP contribution in [0.25, 0.3) is 0 Å². The first-order valence-corrected chi connectivity index (χ1v) is 6.18. The van der Waals surface area contributed by atoms with Gasteiger partial charge in [-0.3, -0.25) is 0 Å². The lowest BCUT2D eigenvalue weighted by Gasteiger charge is -2.27. The highest BCUT2D eigenvalue weighted by Crippen LogP contribution is 2.31. The summed E-state index contributed by atoms with van der Waals surface area (Å²) in [7, 11) is 0. The van der Waals surface area contributed by atoms with Crippen molar-refractivity contribution in [1.29, 1.82) is 0 Å². The van der Waals surface area contributed by atoms with Crippen LogP contribution in [0.4, 0.5) is 0 Å². The number of thioether (sulfide) groups is 1. The highest BCUT2D eigenvalue weighted by Gasteiger charge is 2.20. The fourth-order valence-corrected chi connectivity index (χ4v) is 3.25. The number of nitrogens with two attached hydrogens (primary N) is 1. The molecule has 0 saturated heterocycles. The van der Waals surface area contributed by atoms with Crippen LogP contribution in [0, 0.1) is 0 Å². The Hall–Kier alpha value is 0.270. The molecule has 1 aliphatic carbocycles. The minimum atomic E-state index is 0.320. The van der Waals surface area contributed by atoms with Gasteiger partial charge in [-0.1, -0.05) is 6.92 Å². The molecule has 1 atom stereocenters. The molecule has 1 fully saturated rings. The molecule has 0 aromatic rings. The second-order valence-corrected chi connectivity index (χ2v) is 5.74. The van der Waals surface area contributed by atoms with E-state index in [0.717, 1.165) is 11.7 Å². The minimum absolute atomic E-state index is 0.320. The van der Waals surface area contributed by atoms with E-state index in [4.69, 9.17) is 10.8 Å². The maximum absolute atomic E-state index is 8.77. The zero-order chi connectivity index (χ0) is 9.68. The molecule has 0 aromatic heterocycles. The van der Waals surface area contributed by atoms with Crippen molar-refractivity contribution >= 4 is 11.8 Å². The van der Waals surface area contributed by atoms with E-state index in [1.807, 2.05) is 11.8 Å². The molecule has 0 amide bonds. The average molecular weight is 203 g/mol. The van der Waals surface area contributed by atoms with Gasteiger partial charge in [0, 0.05) is 23.1 Å². The quantitative estimate of drug-likeness (QED) is 0.732. The Kier molecular flexibility index (Phi) is 5.14. The molecule has 2 nitrogen and oxygen atoms in total. The largest absolute Gasteiger partial charge is 0.396 e. The van der Waals surface area contributed by atoms with Crippen LogP contribution in [0.5, 0.6) is 0 Å². The van der Waals surface area contributed by atoms with Crippen LogP contribution in [-0.2, 0) is 0 Å². The van der Waals surface area contributed by atoms with Gasteiger partial charge in [-0.15, -0.1) is 0 Å². The molecule has 0 heterocycles. The van der Waals surface area contributed by atoms with E-state index in [0.29, 0.717) is 17.9 Å². The lowest BCUT2D eigenvalue weighted by molar-refractivity contribution is 0.288. The maximum Gasteiger partial charge on any atom is 0.0441 e. The fraction of sp³-hybridized carbons (Fsp3) is 1.00. The summed E-state index contributed by atoms with van der Waals surface area (Å²) in [5.74, 6) is 0. The summed E-state index contributed by atoms with van der Waals surface area (Å²) in [5.41, 5.74) is 5.84. The van der Waals surface area contributed by atoms with Crippen molar-refractivity contribution in [2.24, 2.45) is 5.73 Å². The third-order valence-electron chi connectivity index (χ3n) is 2.68. The van der Waals surface area contributed by atoms with Crippen LogP contribution in [0.2, 0.25) is 0 Å². The summed E-state index contributed by atoms with van der Waals surface area (Å²) in [6.07, 6.45) is 5.82. The van der Waals surface area contributed by atoms with Crippen molar-refractivity contribution in [3.8, 4) is 0 Å². The van der Waals surface area contributed by atoms with Gasteiger partial charge in [0.25, 0.3) is 0 Å². The topological polar surface area (TPSA) is 46.2 Å². The standard InChI is InChI=1S/C10H21NOS/c1-8(6-7-12)13-10-4-2-9(11)3-5-10/h8-10,12H,2-7,11H2,1H3. The number of hydrogen-bond acceptors (Lipinski definition) is 3. The summed E-state index contributed by atoms with van der Waals surface area (Å²) in [5, 5.41) is 10.2. The van der Waals surface area contributed by atoms with Gasteiger partial charge >= 0.3 is 0 Å². The van der Waals surface area contributed by atoms with E-state index in [9.17, 15) is 0 Å². The first kappa shape index (κ1) is 11.3. The van der Waals surface area contributed by atoms with Crippen molar-refractivity contribution in [1.82, 2.24) is 0 Å². The third-order valence-corrected chi connectivity index (χ3v) is 4.24. The molecule has 0 bridgehead atoms. The minimum Gasteiger partial charge on any atom is -0.396 e. The second kappa shape index (κ2) is 5.89. The third kappa shape index (κ3) is 4.34. The molecule has 1 saturated carbocycles. The van der Waals surface area contributed by atoms with E-state index < -0.39 is 0 Å². The zero-order valence-electron chi connectivity index (χ0n) is 8.41. The Labute approximate surface area is 85.3 Å².